The molecule has 1 unspecified atom stereocenters. The van der Waals surface area contributed by atoms with Gasteiger partial charge in [0.15, 0.2) is 5.58 Å². The Kier molecular flexibility index (Phi) is 4.20. The van der Waals surface area contributed by atoms with Gasteiger partial charge in [-0.1, -0.05) is 18.6 Å². The molecular weight excluding hydrogens is 228 g/mol. The minimum Gasteiger partial charge on any atom is -0.408 e. The van der Waals surface area contributed by atoms with Gasteiger partial charge in [0.25, 0.3) is 0 Å². The molecular formula is C14H20N2O2. The summed E-state index contributed by atoms with van der Waals surface area (Å²) in [6.45, 7) is 2.89. The Morgan fingerprint density at radius 2 is 2.11 bits per heavy atom. The minimum atomic E-state index is -0.252. The van der Waals surface area contributed by atoms with Crippen LogP contribution in [0.15, 0.2) is 33.5 Å². The molecule has 2 rings (SSSR count). The number of fused-ring (bicyclic) bond motifs is 1. The molecule has 1 N–H and O–H groups in total. The Labute approximate surface area is 107 Å². The summed E-state index contributed by atoms with van der Waals surface area (Å²) in [4.78, 5) is 11.7. The molecule has 4 heteroatoms. The number of aromatic nitrogens is 1. The first-order chi connectivity index (χ1) is 8.72. The summed E-state index contributed by atoms with van der Waals surface area (Å²) in [6.07, 6.45) is 3.23. The molecule has 0 saturated carbocycles. The summed E-state index contributed by atoms with van der Waals surface area (Å²) in [5.74, 6) is -0.252. The van der Waals surface area contributed by atoms with Gasteiger partial charge in [0.2, 0.25) is 0 Å². The lowest BCUT2D eigenvalue weighted by Crippen LogP contribution is -2.21. The highest BCUT2D eigenvalue weighted by Crippen LogP contribution is 2.12. The molecule has 1 heterocycles. The van der Waals surface area contributed by atoms with Gasteiger partial charge in [0.1, 0.15) is 0 Å². The number of oxazole rings is 1. The van der Waals surface area contributed by atoms with Crippen molar-refractivity contribution in [3.8, 4) is 0 Å². The fourth-order valence-electron chi connectivity index (χ4n) is 2.09. The zero-order valence-corrected chi connectivity index (χ0v) is 11.0. The van der Waals surface area contributed by atoms with Crippen LogP contribution < -0.4 is 11.1 Å². The van der Waals surface area contributed by atoms with E-state index in [4.69, 9.17) is 4.42 Å². The Bertz CT molecular complexity index is 556. The molecule has 0 bridgehead atoms. The van der Waals surface area contributed by atoms with Crippen molar-refractivity contribution in [3.63, 3.8) is 0 Å². The van der Waals surface area contributed by atoms with Crippen LogP contribution in [0.1, 0.15) is 26.2 Å². The van der Waals surface area contributed by atoms with Gasteiger partial charge in [-0.15, -0.1) is 0 Å². The largest absolute Gasteiger partial charge is 0.419 e. The number of unbranched alkanes of at least 4 members (excludes halogenated alkanes) is 1. The number of rotatable bonds is 6. The summed E-state index contributed by atoms with van der Waals surface area (Å²) in [6, 6.07) is 8.09. The van der Waals surface area contributed by atoms with Gasteiger partial charge in [-0.2, -0.15) is 0 Å². The molecule has 0 aliphatic rings. The van der Waals surface area contributed by atoms with Crippen LogP contribution >= 0.6 is 0 Å². The van der Waals surface area contributed by atoms with Crippen LogP contribution in [0.3, 0.4) is 0 Å². The summed E-state index contributed by atoms with van der Waals surface area (Å²) in [5, 5.41) is 3.21. The molecule has 18 heavy (non-hydrogen) atoms. The fourth-order valence-corrected chi connectivity index (χ4v) is 2.09. The van der Waals surface area contributed by atoms with E-state index in [9.17, 15) is 4.79 Å². The van der Waals surface area contributed by atoms with E-state index in [1.807, 2.05) is 31.3 Å². The maximum absolute atomic E-state index is 11.7. The highest BCUT2D eigenvalue weighted by atomic mass is 16.4. The second kappa shape index (κ2) is 5.87. The van der Waals surface area contributed by atoms with Crippen LogP contribution in [-0.2, 0) is 6.54 Å². The number of benzene rings is 1. The summed E-state index contributed by atoms with van der Waals surface area (Å²) >= 11 is 0. The van der Waals surface area contributed by atoms with E-state index >= 15 is 0 Å². The first-order valence-electron chi connectivity index (χ1n) is 6.48. The zero-order chi connectivity index (χ0) is 13.0. The van der Waals surface area contributed by atoms with Crippen molar-refractivity contribution >= 4 is 11.1 Å². The second-order valence-electron chi connectivity index (χ2n) is 4.67. The minimum absolute atomic E-state index is 0.252. The van der Waals surface area contributed by atoms with E-state index in [1.54, 1.807) is 4.57 Å². The van der Waals surface area contributed by atoms with E-state index in [1.165, 1.54) is 0 Å². The zero-order valence-electron chi connectivity index (χ0n) is 11.0. The van der Waals surface area contributed by atoms with E-state index in [-0.39, 0.29) is 5.76 Å². The maximum Gasteiger partial charge on any atom is 0.419 e. The van der Waals surface area contributed by atoms with Gasteiger partial charge in [0, 0.05) is 12.6 Å². The van der Waals surface area contributed by atoms with Crippen LogP contribution in [-0.4, -0.2) is 17.7 Å². The average molecular weight is 248 g/mol. The number of nitrogens with zero attached hydrogens (tertiary/aromatic N) is 1. The van der Waals surface area contributed by atoms with Crippen molar-refractivity contribution in [3.05, 3.63) is 34.8 Å². The van der Waals surface area contributed by atoms with Gasteiger partial charge < -0.3 is 9.73 Å². The third-order valence-corrected chi connectivity index (χ3v) is 3.34. The molecule has 0 aliphatic carbocycles. The van der Waals surface area contributed by atoms with Gasteiger partial charge in [-0.3, -0.25) is 4.57 Å². The third-order valence-electron chi connectivity index (χ3n) is 3.34. The van der Waals surface area contributed by atoms with Crippen LogP contribution in [0.4, 0.5) is 0 Å². The number of hydrogen-bond acceptors (Lipinski definition) is 3. The third kappa shape index (κ3) is 2.82. The maximum atomic E-state index is 11.7. The molecule has 0 radical (unpaired) electrons. The van der Waals surface area contributed by atoms with Gasteiger partial charge in [-0.05, 0) is 38.9 Å². The lowest BCUT2D eigenvalue weighted by molar-refractivity contribution is 0.472. The smallest absolute Gasteiger partial charge is 0.408 e. The first-order valence-corrected chi connectivity index (χ1v) is 6.48. The van der Waals surface area contributed by atoms with Crippen molar-refractivity contribution in [2.45, 2.75) is 38.8 Å². The Morgan fingerprint density at radius 3 is 2.89 bits per heavy atom. The van der Waals surface area contributed by atoms with Crippen molar-refractivity contribution in [2.75, 3.05) is 7.05 Å². The lowest BCUT2D eigenvalue weighted by atomic mass is 10.1. The number of para-hydroxylation sites is 2. The van der Waals surface area contributed by atoms with Crippen molar-refractivity contribution in [1.29, 1.82) is 0 Å². The lowest BCUT2D eigenvalue weighted by Gasteiger charge is -2.09. The molecule has 0 spiro atoms. The first kappa shape index (κ1) is 12.9. The number of aryl methyl sites for hydroxylation is 1. The van der Waals surface area contributed by atoms with Gasteiger partial charge >= 0.3 is 5.76 Å². The second-order valence-corrected chi connectivity index (χ2v) is 4.67. The highest BCUT2D eigenvalue weighted by Gasteiger charge is 2.07. The monoisotopic (exact) mass is 248 g/mol. The summed E-state index contributed by atoms with van der Waals surface area (Å²) in [7, 11) is 1.97. The quantitative estimate of drug-likeness (QED) is 0.798. The standard InChI is InChI=1S/C14H20N2O2/c1-11(15-2)7-5-6-10-16-12-8-3-4-9-13(12)18-14(16)17/h3-4,8-9,11,15H,5-7,10H2,1-2H3. The summed E-state index contributed by atoms with van der Waals surface area (Å²) in [5.41, 5.74) is 1.57. The van der Waals surface area contributed by atoms with Crippen LogP contribution in [0.2, 0.25) is 0 Å². The van der Waals surface area contributed by atoms with Crippen molar-refractivity contribution in [1.82, 2.24) is 9.88 Å². The topological polar surface area (TPSA) is 47.2 Å². The van der Waals surface area contributed by atoms with Crippen LogP contribution in [0.5, 0.6) is 0 Å². The fraction of sp³-hybridized carbons (Fsp3) is 0.500. The van der Waals surface area contributed by atoms with Crippen molar-refractivity contribution < 1.29 is 4.42 Å². The molecule has 1 aromatic heterocycles. The van der Waals surface area contributed by atoms with Gasteiger partial charge in [0.05, 0.1) is 5.52 Å². The average Bonchev–Trinajstić information content (AvgIpc) is 2.70. The normalized spacial score (nSPS) is 13.0. The highest BCUT2D eigenvalue weighted by molar-refractivity contribution is 5.72. The molecule has 4 nitrogen and oxygen atoms in total. The van der Waals surface area contributed by atoms with E-state index in [0.29, 0.717) is 11.6 Å². The molecule has 1 aromatic carbocycles. The molecule has 1 atom stereocenters. The van der Waals surface area contributed by atoms with E-state index in [0.717, 1.165) is 31.3 Å². The molecule has 98 valence electrons. The van der Waals surface area contributed by atoms with Crippen LogP contribution in [0.25, 0.3) is 11.1 Å². The SMILES string of the molecule is CNC(C)CCCCn1c(=O)oc2ccccc21. The molecule has 0 amide bonds. The predicted molar refractivity (Wildman–Crippen MR) is 72.8 cm³/mol. The molecule has 0 fully saturated rings. The Balaban J connectivity index is 1.99. The summed E-state index contributed by atoms with van der Waals surface area (Å²) < 4.78 is 6.92. The molecule has 0 saturated heterocycles. The Hall–Kier alpha value is -1.55. The van der Waals surface area contributed by atoms with E-state index < -0.39 is 0 Å². The van der Waals surface area contributed by atoms with Crippen LogP contribution in [0, 0.1) is 0 Å². The predicted octanol–water partition coefficient (Wildman–Crippen LogP) is 2.37. The van der Waals surface area contributed by atoms with Crippen molar-refractivity contribution in [2.24, 2.45) is 0 Å². The molecule has 0 aliphatic heterocycles. The molecule has 2 aromatic rings. The Morgan fingerprint density at radius 1 is 1.33 bits per heavy atom. The van der Waals surface area contributed by atoms with E-state index in [2.05, 4.69) is 12.2 Å². The van der Waals surface area contributed by atoms with Gasteiger partial charge in [-0.25, -0.2) is 4.79 Å². The number of hydrogen-bond donors (Lipinski definition) is 1. The number of nitrogens with one attached hydrogen (secondary N) is 1.